The molecule has 0 radical (unpaired) electrons. The predicted octanol–water partition coefficient (Wildman–Crippen LogP) is 4.00. The van der Waals surface area contributed by atoms with Crippen LogP contribution in [0.2, 0.25) is 0 Å². The molecule has 0 aromatic heterocycles. The van der Waals surface area contributed by atoms with Gasteiger partial charge in [-0.1, -0.05) is 42.5 Å². The number of carbonyl (C=O) groups excluding carboxylic acids is 1. The summed E-state index contributed by atoms with van der Waals surface area (Å²) in [5.41, 5.74) is 1.76. The van der Waals surface area contributed by atoms with Gasteiger partial charge < -0.3 is 5.32 Å². The highest BCUT2D eigenvalue weighted by molar-refractivity contribution is 5.86. The molecule has 0 unspecified atom stereocenters. The van der Waals surface area contributed by atoms with E-state index in [1.165, 1.54) is 42.0 Å². The van der Waals surface area contributed by atoms with Gasteiger partial charge in [-0.2, -0.15) is 0 Å². The van der Waals surface area contributed by atoms with E-state index in [2.05, 4.69) is 47.8 Å². The van der Waals surface area contributed by atoms with Crippen molar-refractivity contribution in [2.24, 2.45) is 5.41 Å². The lowest BCUT2D eigenvalue weighted by molar-refractivity contribution is -0.119. The second kappa shape index (κ2) is 4.87. The highest BCUT2D eigenvalue weighted by atomic mass is 16.1. The first-order valence-corrected chi connectivity index (χ1v) is 8.00. The van der Waals surface area contributed by atoms with Crippen LogP contribution in [0.1, 0.15) is 43.6 Å². The van der Waals surface area contributed by atoms with Crippen LogP contribution in [0, 0.1) is 5.41 Å². The molecule has 2 aromatic rings. The fraction of sp³-hybridized carbons (Fsp3) is 0.421. The Morgan fingerprint density at radius 3 is 2.52 bits per heavy atom. The summed E-state index contributed by atoms with van der Waals surface area (Å²) < 4.78 is 0. The van der Waals surface area contributed by atoms with Crippen LogP contribution in [0.5, 0.6) is 0 Å². The summed E-state index contributed by atoms with van der Waals surface area (Å²) in [6, 6.07) is 15.4. The number of hydrogen-bond donors (Lipinski definition) is 1. The molecule has 1 heterocycles. The van der Waals surface area contributed by atoms with Gasteiger partial charge >= 0.3 is 0 Å². The van der Waals surface area contributed by atoms with E-state index in [1.54, 1.807) is 0 Å². The second-order valence-corrected chi connectivity index (χ2v) is 6.80. The third-order valence-corrected chi connectivity index (χ3v) is 5.51. The zero-order valence-corrected chi connectivity index (χ0v) is 12.3. The molecule has 0 bridgehead atoms. The Morgan fingerprint density at radius 1 is 1.00 bits per heavy atom. The third kappa shape index (κ3) is 2.23. The van der Waals surface area contributed by atoms with E-state index >= 15 is 0 Å². The van der Waals surface area contributed by atoms with Gasteiger partial charge in [-0.05, 0) is 53.4 Å². The Labute approximate surface area is 125 Å². The summed E-state index contributed by atoms with van der Waals surface area (Å²) in [5.74, 6) is 0.899. The topological polar surface area (TPSA) is 29.1 Å². The maximum atomic E-state index is 11.5. The van der Waals surface area contributed by atoms with Crippen LogP contribution in [0.3, 0.4) is 0 Å². The highest BCUT2D eigenvalue weighted by Gasteiger charge is 2.41. The number of amides is 1. The monoisotopic (exact) mass is 279 g/mol. The summed E-state index contributed by atoms with van der Waals surface area (Å²) in [5, 5.41) is 5.77. The molecule has 1 amide bonds. The van der Waals surface area contributed by atoms with Gasteiger partial charge in [0.1, 0.15) is 0 Å². The summed E-state index contributed by atoms with van der Waals surface area (Å²) >= 11 is 0. The molecule has 21 heavy (non-hydrogen) atoms. The smallest absolute Gasteiger partial charge is 0.220 e. The maximum absolute atomic E-state index is 11.5. The summed E-state index contributed by atoms with van der Waals surface area (Å²) in [7, 11) is 0. The summed E-state index contributed by atoms with van der Waals surface area (Å²) in [6.07, 6.45) is 5.53. The van der Waals surface area contributed by atoms with Crippen LogP contribution < -0.4 is 5.32 Å². The number of benzene rings is 2. The van der Waals surface area contributed by atoms with Gasteiger partial charge in [0.2, 0.25) is 5.91 Å². The zero-order valence-electron chi connectivity index (χ0n) is 12.3. The van der Waals surface area contributed by atoms with Gasteiger partial charge in [0.05, 0.1) is 0 Å². The van der Waals surface area contributed by atoms with E-state index in [-0.39, 0.29) is 11.3 Å². The number of fused-ring (bicyclic) bond motifs is 1. The van der Waals surface area contributed by atoms with E-state index in [9.17, 15) is 4.79 Å². The van der Waals surface area contributed by atoms with Crippen molar-refractivity contribution in [3.05, 3.63) is 48.0 Å². The quantitative estimate of drug-likeness (QED) is 0.839. The molecule has 2 fully saturated rings. The number of nitrogens with one attached hydrogen (secondary N) is 1. The minimum absolute atomic E-state index is 0.249. The molecule has 2 aliphatic rings. The van der Waals surface area contributed by atoms with Crippen molar-refractivity contribution in [1.82, 2.24) is 5.32 Å². The minimum atomic E-state index is 0.249. The lowest BCUT2D eigenvalue weighted by Gasteiger charge is -2.36. The largest absolute Gasteiger partial charge is 0.356 e. The van der Waals surface area contributed by atoms with E-state index < -0.39 is 0 Å². The summed E-state index contributed by atoms with van der Waals surface area (Å²) in [4.78, 5) is 11.5. The maximum Gasteiger partial charge on any atom is 0.220 e. The standard InChI is InChI=1S/C19H21NO/c21-18-12-19(13-20-18)10-8-15(9-11-19)17-7-3-5-14-4-1-2-6-16(14)17/h1-7,15H,8-13H2,(H,20,21). The lowest BCUT2D eigenvalue weighted by atomic mass is 9.68. The molecular formula is C19H21NO. The Bertz CT molecular complexity index is 678. The molecule has 108 valence electrons. The molecule has 1 saturated heterocycles. The Balaban J connectivity index is 1.59. The number of carbonyl (C=O) groups is 1. The van der Waals surface area contributed by atoms with Crippen LogP contribution in [0.4, 0.5) is 0 Å². The Kier molecular flexibility index (Phi) is 2.99. The normalized spacial score (nSPS) is 29.0. The van der Waals surface area contributed by atoms with Gasteiger partial charge in [-0.25, -0.2) is 0 Å². The molecule has 1 aliphatic heterocycles. The van der Waals surface area contributed by atoms with Crippen molar-refractivity contribution in [2.75, 3.05) is 6.54 Å². The zero-order chi connectivity index (χ0) is 14.3. The first-order valence-electron chi connectivity index (χ1n) is 8.00. The van der Waals surface area contributed by atoms with Crippen molar-refractivity contribution < 1.29 is 4.79 Å². The first-order chi connectivity index (χ1) is 10.3. The molecule has 1 spiro atoms. The fourth-order valence-corrected chi connectivity index (χ4v) is 4.25. The molecule has 1 N–H and O–H groups in total. The Hall–Kier alpha value is -1.83. The van der Waals surface area contributed by atoms with Gasteiger partial charge in [-0.3, -0.25) is 4.79 Å². The fourth-order valence-electron chi connectivity index (χ4n) is 4.25. The van der Waals surface area contributed by atoms with Gasteiger partial charge in [-0.15, -0.1) is 0 Å². The number of rotatable bonds is 1. The van der Waals surface area contributed by atoms with Crippen LogP contribution in [-0.2, 0) is 4.79 Å². The molecular weight excluding hydrogens is 258 g/mol. The van der Waals surface area contributed by atoms with Crippen molar-refractivity contribution in [3.63, 3.8) is 0 Å². The van der Waals surface area contributed by atoms with Crippen molar-refractivity contribution in [3.8, 4) is 0 Å². The third-order valence-electron chi connectivity index (χ3n) is 5.51. The minimum Gasteiger partial charge on any atom is -0.356 e. The molecule has 2 heteroatoms. The van der Waals surface area contributed by atoms with E-state index in [0.29, 0.717) is 5.92 Å². The molecule has 2 nitrogen and oxygen atoms in total. The van der Waals surface area contributed by atoms with Crippen molar-refractivity contribution in [2.45, 2.75) is 38.0 Å². The second-order valence-electron chi connectivity index (χ2n) is 6.80. The lowest BCUT2D eigenvalue weighted by Crippen LogP contribution is -2.29. The van der Waals surface area contributed by atoms with Crippen LogP contribution >= 0.6 is 0 Å². The van der Waals surface area contributed by atoms with E-state index in [4.69, 9.17) is 0 Å². The predicted molar refractivity (Wildman–Crippen MR) is 85.2 cm³/mol. The molecule has 1 aliphatic carbocycles. The van der Waals surface area contributed by atoms with Crippen LogP contribution in [0.15, 0.2) is 42.5 Å². The average molecular weight is 279 g/mol. The molecule has 4 rings (SSSR count). The average Bonchev–Trinajstić information content (AvgIpc) is 2.88. The summed E-state index contributed by atoms with van der Waals surface area (Å²) in [6.45, 7) is 0.897. The van der Waals surface area contributed by atoms with E-state index in [0.717, 1.165) is 13.0 Å². The molecule has 0 atom stereocenters. The van der Waals surface area contributed by atoms with E-state index in [1.807, 2.05) is 0 Å². The molecule has 1 saturated carbocycles. The highest BCUT2D eigenvalue weighted by Crippen LogP contribution is 2.47. The SMILES string of the molecule is O=C1CC2(CCC(c3cccc4ccccc34)CC2)CN1. The van der Waals surface area contributed by atoms with Crippen LogP contribution in [-0.4, -0.2) is 12.5 Å². The van der Waals surface area contributed by atoms with Crippen molar-refractivity contribution >= 4 is 16.7 Å². The van der Waals surface area contributed by atoms with Gasteiger partial charge in [0, 0.05) is 13.0 Å². The Morgan fingerprint density at radius 2 is 1.76 bits per heavy atom. The first kappa shape index (κ1) is 12.9. The number of hydrogen-bond acceptors (Lipinski definition) is 1. The van der Waals surface area contributed by atoms with Crippen molar-refractivity contribution in [1.29, 1.82) is 0 Å². The molecule has 2 aromatic carbocycles. The van der Waals surface area contributed by atoms with Gasteiger partial charge in [0.15, 0.2) is 0 Å². The van der Waals surface area contributed by atoms with Gasteiger partial charge in [0.25, 0.3) is 0 Å². The van der Waals surface area contributed by atoms with Crippen LogP contribution in [0.25, 0.3) is 10.8 Å².